The van der Waals surface area contributed by atoms with Crippen LogP contribution in [0.1, 0.15) is 15.9 Å². The smallest absolute Gasteiger partial charge is 0.150 e. The predicted octanol–water partition coefficient (Wildman–Crippen LogP) is 0.834. The number of aliphatic imine (C=N–C) groups is 1. The van der Waals surface area contributed by atoms with Crippen molar-refractivity contribution in [2.75, 3.05) is 7.05 Å². The van der Waals surface area contributed by atoms with E-state index in [-0.39, 0.29) is 0 Å². The van der Waals surface area contributed by atoms with Crippen molar-refractivity contribution >= 4 is 12.1 Å². The number of nitrogens with two attached hydrogens (primary N) is 1. The Labute approximate surface area is 70.9 Å². The van der Waals surface area contributed by atoms with Crippen LogP contribution in [0.5, 0.6) is 0 Å². The third-order valence-electron chi connectivity index (χ3n) is 1.60. The van der Waals surface area contributed by atoms with E-state index in [4.69, 9.17) is 5.73 Å². The topological polar surface area (TPSA) is 55.4 Å². The van der Waals surface area contributed by atoms with Crippen LogP contribution < -0.4 is 5.73 Å². The molecular weight excluding hydrogens is 152 g/mol. The minimum absolute atomic E-state index is 0.387. The molecule has 62 valence electrons. The highest BCUT2D eigenvalue weighted by molar-refractivity contribution is 6.03. The summed E-state index contributed by atoms with van der Waals surface area (Å²) < 4.78 is 0. The van der Waals surface area contributed by atoms with Gasteiger partial charge in [0.2, 0.25) is 0 Å². The summed E-state index contributed by atoms with van der Waals surface area (Å²) in [5, 5.41) is 0. The Morgan fingerprint density at radius 1 is 1.50 bits per heavy atom. The molecule has 1 rings (SSSR count). The number of carbonyl (C=O) groups is 1. The average molecular weight is 162 g/mol. The van der Waals surface area contributed by atoms with Crippen molar-refractivity contribution in [3.05, 3.63) is 35.4 Å². The molecule has 0 aliphatic carbocycles. The summed E-state index contributed by atoms with van der Waals surface area (Å²) in [4.78, 5) is 14.3. The Kier molecular flexibility index (Phi) is 2.58. The van der Waals surface area contributed by atoms with Crippen molar-refractivity contribution in [1.82, 2.24) is 0 Å². The van der Waals surface area contributed by atoms with E-state index < -0.39 is 0 Å². The number of nitrogens with zero attached hydrogens (tertiary/aromatic N) is 1. The number of hydrogen-bond acceptors (Lipinski definition) is 2. The predicted molar refractivity (Wildman–Crippen MR) is 48.5 cm³/mol. The standard InChI is InChI=1S/C9H10N2O/c1-11-9(10)8-5-3-2-4-7(8)6-12/h2-6H,1H3,(H2,10,11). The highest BCUT2D eigenvalue weighted by atomic mass is 16.1. The Bertz CT molecular complexity index is 318. The lowest BCUT2D eigenvalue weighted by Gasteiger charge is -2.01. The third kappa shape index (κ3) is 1.50. The molecule has 0 saturated carbocycles. The third-order valence-corrected chi connectivity index (χ3v) is 1.60. The number of carbonyl (C=O) groups excluding carboxylic acids is 1. The van der Waals surface area contributed by atoms with Crippen LogP contribution in [0.2, 0.25) is 0 Å². The second-order valence-corrected chi connectivity index (χ2v) is 2.31. The zero-order valence-electron chi connectivity index (χ0n) is 6.82. The van der Waals surface area contributed by atoms with Crippen LogP contribution in [0.25, 0.3) is 0 Å². The minimum Gasteiger partial charge on any atom is -0.383 e. The SMILES string of the molecule is CN=C(N)c1ccccc1C=O. The summed E-state index contributed by atoms with van der Waals surface area (Å²) in [5.74, 6) is 0.387. The van der Waals surface area contributed by atoms with Gasteiger partial charge in [-0.2, -0.15) is 0 Å². The van der Waals surface area contributed by atoms with Crippen molar-refractivity contribution in [3.8, 4) is 0 Å². The van der Waals surface area contributed by atoms with Gasteiger partial charge in [-0.25, -0.2) is 0 Å². The average Bonchev–Trinajstić information content (AvgIpc) is 2.16. The van der Waals surface area contributed by atoms with E-state index >= 15 is 0 Å². The summed E-state index contributed by atoms with van der Waals surface area (Å²) in [6.45, 7) is 0. The molecule has 0 aliphatic heterocycles. The molecule has 0 amide bonds. The summed E-state index contributed by atoms with van der Waals surface area (Å²) in [7, 11) is 1.59. The van der Waals surface area contributed by atoms with Crippen LogP contribution in [0.3, 0.4) is 0 Å². The van der Waals surface area contributed by atoms with Crippen molar-refractivity contribution in [2.24, 2.45) is 10.7 Å². The number of hydrogen-bond donors (Lipinski definition) is 1. The number of amidine groups is 1. The number of aldehydes is 1. The maximum atomic E-state index is 10.5. The molecule has 0 radical (unpaired) electrons. The number of benzene rings is 1. The van der Waals surface area contributed by atoms with Crippen LogP contribution in [-0.4, -0.2) is 19.2 Å². The molecule has 12 heavy (non-hydrogen) atoms. The summed E-state index contributed by atoms with van der Waals surface area (Å²) in [5.41, 5.74) is 6.82. The van der Waals surface area contributed by atoms with Crippen molar-refractivity contribution in [1.29, 1.82) is 0 Å². The normalized spacial score (nSPS) is 11.2. The molecule has 1 aromatic rings. The first-order valence-electron chi connectivity index (χ1n) is 3.56. The first-order valence-corrected chi connectivity index (χ1v) is 3.56. The van der Waals surface area contributed by atoms with Gasteiger partial charge in [-0.05, 0) is 0 Å². The first-order chi connectivity index (χ1) is 5.79. The van der Waals surface area contributed by atoms with E-state index in [0.29, 0.717) is 17.0 Å². The monoisotopic (exact) mass is 162 g/mol. The van der Waals surface area contributed by atoms with E-state index in [1.165, 1.54) is 0 Å². The maximum Gasteiger partial charge on any atom is 0.150 e. The lowest BCUT2D eigenvalue weighted by atomic mass is 10.1. The molecule has 2 N–H and O–H groups in total. The quantitative estimate of drug-likeness (QED) is 0.398. The second-order valence-electron chi connectivity index (χ2n) is 2.31. The van der Waals surface area contributed by atoms with Crippen molar-refractivity contribution in [2.45, 2.75) is 0 Å². The van der Waals surface area contributed by atoms with E-state index in [9.17, 15) is 4.79 Å². The van der Waals surface area contributed by atoms with Crippen molar-refractivity contribution < 1.29 is 4.79 Å². The van der Waals surface area contributed by atoms with E-state index in [1.54, 1.807) is 25.2 Å². The van der Waals surface area contributed by atoms with Gasteiger partial charge >= 0.3 is 0 Å². The number of rotatable bonds is 2. The fraction of sp³-hybridized carbons (Fsp3) is 0.111. The first kappa shape index (κ1) is 8.46. The van der Waals surface area contributed by atoms with Crippen LogP contribution in [0.4, 0.5) is 0 Å². The largest absolute Gasteiger partial charge is 0.383 e. The van der Waals surface area contributed by atoms with Crippen LogP contribution in [-0.2, 0) is 0 Å². The van der Waals surface area contributed by atoms with E-state index in [0.717, 1.165) is 6.29 Å². The van der Waals surface area contributed by atoms with Gasteiger partial charge in [-0.1, -0.05) is 24.3 Å². The molecule has 0 atom stereocenters. The van der Waals surface area contributed by atoms with E-state index in [2.05, 4.69) is 4.99 Å². The second kappa shape index (κ2) is 3.67. The van der Waals surface area contributed by atoms with Crippen LogP contribution in [0, 0.1) is 0 Å². The molecule has 0 aromatic heterocycles. The van der Waals surface area contributed by atoms with Gasteiger partial charge in [0, 0.05) is 18.2 Å². The van der Waals surface area contributed by atoms with Gasteiger partial charge < -0.3 is 5.73 Å². The summed E-state index contributed by atoms with van der Waals surface area (Å²) in [6.07, 6.45) is 0.771. The van der Waals surface area contributed by atoms with Gasteiger partial charge in [0.05, 0.1) is 0 Å². The zero-order valence-corrected chi connectivity index (χ0v) is 6.82. The Hall–Kier alpha value is -1.64. The van der Waals surface area contributed by atoms with Gasteiger partial charge in [0.15, 0.2) is 6.29 Å². The Balaban J connectivity index is 3.22. The minimum atomic E-state index is 0.387. The lowest BCUT2D eigenvalue weighted by molar-refractivity contribution is 0.112. The van der Waals surface area contributed by atoms with Crippen molar-refractivity contribution in [3.63, 3.8) is 0 Å². The Morgan fingerprint density at radius 3 is 2.75 bits per heavy atom. The fourth-order valence-electron chi connectivity index (χ4n) is 0.953. The summed E-state index contributed by atoms with van der Waals surface area (Å²) >= 11 is 0. The van der Waals surface area contributed by atoms with E-state index in [1.807, 2.05) is 6.07 Å². The molecule has 0 spiro atoms. The van der Waals surface area contributed by atoms with Gasteiger partial charge in [-0.15, -0.1) is 0 Å². The fourth-order valence-corrected chi connectivity index (χ4v) is 0.953. The van der Waals surface area contributed by atoms with Crippen LogP contribution >= 0.6 is 0 Å². The molecule has 0 unspecified atom stereocenters. The Morgan fingerprint density at radius 2 is 2.17 bits per heavy atom. The molecule has 3 heteroatoms. The van der Waals surface area contributed by atoms with Gasteiger partial charge in [0.25, 0.3) is 0 Å². The highest BCUT2D eigenvalue weighted by Crippen LogP contribution is 2.04. The molecule has 0 aliphatic rings. The molecule has 0 fully saturated rings. The molecular formula is C9H10N2O. The lowest BCUT2D eigenvalue weighted by Crippen LogP contribution is -2.14. The molecule has 0 heterocycles. The maximum absolute atomic E-state index is 10.5. The van der Waals surface area contributed by atoms with Crippen LogP contribution in [0.15, 0.2) is 29.3 Å². The van der Waals surface area contributed by atoms with Gasteiger partial charge in [-0.3, -0.25) is 9.79 Å². The molecule has 0 bridgehead atoms. The molecule has 1 aromatic carbocycles. The van der Waals surface area contributed by atoms with Gasteiger partial charge in [0.1, 0.15) is 5.84 Å². The summed E-state index contributed by atoms with van der Waals surface area (Å²) in [6, 6.07) is 7.09. The zero-order chi connectivity index (χ0) is 8.97. The molecule has 3 nitrogen and oxygen atoms in total. The highest BCUT2D eigenvalue weighted by Gasteiger charge is 2.02. The molecule has 0 saturated heterocycles.